The number of fused-ring (bicyclic) bond motifs is 1. The van der Waals surface area contributed by atoms with Crippen LogP contribution in [0.25, 0.3) is 0 Å². The lowest BCUT2D eigenvalue weighted by atomic mass is 9.96. The van der Waals surface area contributed by atoms with Crippen molar-refractivity contribution in [3.05, 3.63) is 53.6 Å². The van der Waals surface area contributed by atoms with Crippen LogP contribution >= 0.6 is 0 Å². The van der Waals surface area contributed by atoms with Crippen LogP contribution in [-0.2, 0) is 11.2 Å². The average molecular weight is 296 g/mol. The number of methoxy groups -OCH3 is 1. The molecule has 0 fully saturated rings. The van der Waals surface area contributed by atoms with E-state index in [1.807, 2.05) is 54.3 Å². The minimum absolute atomic E-state index is 0.0507. The maximum absolute atomic E-state index is 12.5. The molecule has 4 nitrogen and oxygen atoms in total. The van der Waals surface area contributed by atoms with Crippen molar-refractivity contribution in [2.24, 2.45) is 0 Å². The van der Waals surface area contributed by atoms with Gasteiger partial charge in [0, 0.05) is 17.8 Å². The van der Waals surface area contributed by atoms with Crippen molar-refractivity contribution in [3.8, 4) is 5.75 Å². The lowest BCUT2D eigenvalue weighted by Crippen LogP contribution is -2.37. The number of hydrogen-bond donors (Lipinski definition) is 1. The van der Waals surface area contributed by atoms with Crippen molar-refractivity contribution in [1.29, 1.82) is 0 Å². The van der Waals surface area contributed by atoms with Crippen molar-refractivity contribution >= 4 is 17.3 Å². The number of ether oxygens (including phenoxy) is 1. The molecular formula is C18H20N2O2. The zero-order chi connectivity index (χ0) is 15.7. The molecule has 1 heterocycles. The highest BCUT2D eigenvalue weighted by molar-refractivity contribution is 5.97. The molecular weight excluding hydrogens is 276 g/mol. The van der Waals surface area contributed by atoms with Gasteiger partial charge in [-0.3, -0.25) is 4.79 Å². The average Bonchev–Trinajstić information content (AvgIpc) is 2.54. The highest BCUT2D eigenvalue weighted by atomic mass is 16.5. The van der Waals surface area contributed by atoms with Crippen molar-refractivity contribution in [3.63, 3.8) is 0 Å². The molecule has 1 aliphatic rings. The summed E-state index contributed by atoms with van der Waals surface area (Å²) in [5.41, 5.74) is 9.75. The maximum Gasteiger partial charge on any atom is 0.227 e. The van der Waals surface area contributed by atoms with Gasteiger partial charge in [0.1, 0.15) is 5.75 Å². The van der Waals surface area contributed by atoms with Gasteiger partial charge in [0.25, 0.3) is 0 Å². The first kappa shape index (κ1) is 14.4. The van der Waals surface area contributed by atoms with E-state index < -0.39 is 0 Å². The van der Waals surface area contributed by atoms with Crippen LogP contribution in [0.5, 0.6) is 5.75 Å². The van der Waals surface area contributed by atoms with Crippen LogP contribution in [0.1, 0.15) is 30.5 Å². The normalized spacial score (nSPS) is 15.4. The molecule has 0 unspecified atom stereocenters. The van der Waals surface area contributed by atoms with Gasteiger partial charge in [0.2, 0.25) is 5.91 Å². The Hall–Kier alpha value is -2.49. The molecule has 0 saturated heterocycles. The number of benzene rings is 2. The molecule has 0 saturated carbocycles. The Morgan fingerprint density at radius 1 is 1.18 bits per heavy atom. The van der Waals surface area contributed by atoms with Crippen LogP contribution in [0.4, 0.5) is 11.4 Å². The highest BCUT2D eigenvalue weighted by Gasteiger charge is 2.29. The molecule has 2 aromatic carbocycles. The number of rotatable bonds is 3. The Bertz CT molecular complexity index is 712. The topological polar surface area (TPSA) is 55.6 Å². The Labute approximate surface area is 130 Å². The SMILES string of the molecule is COc1cccc([C@H](C)N2C(=O)CCc3cc(N)ccc32)c1. The van der Waals surface area contributed by atoms with E-state index >= 15 is 0 Å². The van der Waals surface area contributed by atoms with E-state index in [1.165, 1.54) is 0 Å². The number of carbonyl (C=O) groups is 1. The summed E-state index contributed by atoms with van der Waals surface area (Å²) in [4.78, 5) is 14.3. The molecule has 1 amide bonds. The molecule has 4 heteroatoms. The molecule has 114 valence electrons. The fourth-order valence-corrected chi connectivity index (χ4v) is 3.01. The second-order valence-corrected chi connectivity index (χ2v) is 5.60. The van der Waals surface area contributed by atoms with Gasteiger partial charge in [-0.1, -0.05) is 12.1 Å². The van der Waals surface area contributed by atoms with E-state index in [2.05, 4.69) is 0 Å². The van der Waals surface area contributed by atoms with Crippen molar-refractivity contribution in [2.75, 3.05) is 17.7 Å². The number of carbonyl (C=O) groups excluding carboxylic acids is 1. The number of nitrogens with zero attached hydrogens (tertiary/aromatic N) is 1. The fraction of sp³-hybridized carbons (Fsp3) is 0.278. The third-order valence-corrected chi connectivity index (χ3v) is 4.20. The lowest BCUT2D eigenvalue weighted by Gasteiger charge is -2.35. The van der Waals surface area contributed by atoms with Crippen molar-refractivity contribution in [1.82, 2.24) is 0 Å². The van der Waals surface area contributed by atoms with Gasteiger partial charge >= 0.3 is 0 Å². The van der Waals surface area contributed by atoms with Crippen LogP contribution in [0.3, 0.4) is 0 Å². The molecule has 0 spiro atoms. The molecule has 0 aliphatic carbocycles. The Morgan fingerprint density at radius 3 is 2.77 bits per heavy atom. The summed E-state index contributed by atoms with van der Waals surface area (Å²) < 4.78 is 5.28. The first-order valence-corrected chi connectivity index (χ1v) is 7.44. The van der Waals surface area contributed by atoms with Crippen LogP contribution in [0, 0.1) is 0 Å². The summed E-state index contributed by atoms with van der Waals surface area (Å²) in [6.07, 6.45) is 1.27. The first-order chi connectivity index (χ1) is 10.6. The van der Waals surface area contributed by atoms with Crippen LogP contribution in [-0.4, -0.2) is 13.0 Å². The quantitative estimate of drug-likeness (QED) is 0.884. The zero-order valence-corrected chi connectivity index (χ0v) is 12.9. The maximum atomic E-state index is 12.5. The number of nitrogens with two attached hydrogens (primary N) is 1. The molecule has 1 aliphatic heterocycles. The van der Waals surface area contributed by atoms with Crippen LogP contribution < -0.4 is 15.4 Å². The van der Waals surface area contributed by atoms with Gasteiger partial charge in [-0.2, -0.15) is 0 Å². The van der Waals surface area contributed by atoms with E-state index in [4.69, 9.17) is 10.5 Å². The molecule has 0 radical (unpaired) electrons. The number of nitrogen functional groups attached to an aromatic ring is 1. The van der Waals surface area contributed by atoms with E-state index in [1.54, 1.807) is 7.11 Å². The highest BCUT2D eigenvalue weighted by Crippen LogP contribution is 2.36. The predicted octanol–water partition coefficient (Wildman–Crippen LogP) is 3.32. The summed E-state index contributed by atoms with van der Waals surface area (Å²) in [7, 11) is 1.65. The second kappa shape index (κ2) is 5.72. The van der Waals surface area contributed by atoms with E-state index in [0.717, 1.165) is 34.7 Å². The number of hydrogen-bond acceptors (Lipinski definition) is 3. The fourth-order valence-electron chi connectivity index (χ4n) is 3.01. The largest absolute Gasteiger partial charge is 0.497 e. The minimum Gasteiger partial charge on any atom is -0.497 e. The number of amides is 1. The van der Waals surface area contributed by atoms with E-state index in [-0.39, 0.29) is 11.9 Å². The second-order valence-electron chi connectivity index (χ2n) is 5.60. The summed E-state index contributed by atoms with van der Waals surface area (Å²) in [5.74, 6) is 0.943. The Morgan fingerprint density at radius 2 is 2.00 bits per heavy atom. The number of anilines is 2. The van der Waals surface area contributed by atoms with Crippen LogP contribution in [0.2, 0.25) is 0 Å². The predicted molar refractivity (Wildman–Crippen MR) is 88.1 cm³/mol. The van der Waals surface area contributed by atoms with Gasteiger partial charge < -0.3 is 15.4 Å². The minimum atomic E-state index is -0.0507. The molecule has 0 bridgehead atoms. The Kier molecular flexibility index (Phi) is 3.75. The summed E-state index contributed by atoms with van der Waals surface area (Å²) in [6, 6.07) is 13.6. The van der Waals surface area contributed by atoms with Gasteiger partial charge in [0.15, 0.2) is 0 Å². The molecule has 0 aromatic heterocycles. The van der Waals surface area contributed by atoms with Crippen LogP contribution in [0.15, 0.2) is 42.5 Å². The monoisotopic (exact) mass is 296 g/mol. The molecule has 22 heavy (non-hydrogen) atoms. The summed E-state index contributed by atoms with van der Waals surface area (Å²) in [5, 5.41) is 0. The zero-order valence-electron chi connectivity index (χ0n) is 12.9. The van der Waals surface area contributed by atoms with E-state index in [0.29, 0.717) is 6.42 Å². The first-order valence-electron chi connectivity index (χ1n) is 7.44. The van der Waals surface area contributed by atoms with Gasteiger partial charge in [0.05, 0.1) is 13.2 Å². The van der Waals surface area contributed by atoms with Gasteiger partial charge in [-0.25, -0.2) is 0 Å². The number of aryl methyl sites for hydroxylation is 1. The third kappa shape index (κ3) is 2.52. The molecule has 3 rings (SSSR count). The third-order valence-electron chi connectivity index (χ3n) is 4.20. The lowest BCUT2D eigenvalue weighted by molar-refractivity contribution is -0.119. The molecule has 2 aromatic rings. The van der Waals surface area contributed by atoms with Gasteiger partial charge in [-0.05, 0) is 54.8 Å². The smallest absolute Gasteiger partial charge is 0.227 e. The summed E-state index contributed by atoms with van der Waals surface area (Å²) >= 11 is 0. The van der Waals surface area contributed by atoms with Gasteiger partial charge in [-0.15, -0.1) is 0 Å². The Balaban J connectivity index is 2.01. The standard InChI is InChI=1S/C18H20N2O2/c1-12(13-4-3-5-16(11-13)22-2)20-17-8-7-15(19)10-14(17)6-9-18(20)21/h3-5,7-8,10-12H,6,9,19H2,1-2H3/t12-/m0/s1. The van der Waals surface area contributed by atoms with E-state index in [9.17, 15) is 4.79 Å². The molecule has 2 N–H and O–H groups in total. The van der Waals surface area contributed by atoms with Crippen molar-refractivity contribution < 1.29 is 9.53 Å². The van der Waals surface area contributed by atoms with Crippen molar-refractivity contribution in [2.45, 2.75) is 25.8 Å². The molecule has 1 atom stereocenters. The summed E-state index contributed by atoms with van der Waals surface area (Å²) in [6.45, 7) is 2.04.